The summed E-state index contributed by atoms with van der Waals surface area (Å²) in [6, 6.07) is 13.8. The van der Waals surface area contributed by atoms with Gasteiger partial charge in [0.1, 0.15) is 11.7 Å². The van der Waals surface area contributed by atoms with Crippen LogP contribution in [-0.2, 0) is 22.6 Å². The number of carbonyl (C=O) groups excluding carboxylic acids is 3. The fourth-order valence-corrected chi connectivity index (χ4v) is 11.0. The van der Waals surface area contributed by atoms with Gasteiger partial charge in [0.05, 0.1) is 6.04 Å². The Labute approximate surface area is 339 Å². The topological polar surface area (TPSA) is 121 Å². The van der Waals surface area contributed by atoms with Crippen LogP contribution in [0.4, 0.5) is 16.0 Å². The van der Waals surface area contributed by atoms with Crippen LogP contribution in [0.5, 0.6) is 0 Å². The summed E-state index contributed by atoms with van der Waals surface area (Å²) in [4.78, 5) is 62.1. The van der Waals surface area contributed by atoms with Crippen LogP contribution in [0.3, 0.4) is 0 Å². The van der Waals surface area contributed by atoms with Crippen molar-refractivity contribution >= 4 is 40.3 Å². The molecule has 10 rings (SSSR count). The summed E-state index contributed by atoms with van der Waals surface area (Å²) < 4.78 is 15.1. The third-order valence-electron chi connectivity index (χ3n) is 13.9. The predicted octanol–water partition coefficient (Wildman–Crippen LogP) is 5.23. The fraction of sp³-hybridized carbons (Fsp3) is 0.533. The zero-order chi connectivity index (χ0) is 39.8. The number of aromatic amines is 1. The lowest BCUT2D eigenvalue weighted by molar-refractivity contribution is -0.136. The zero-order valence-corrected chi connectivity index (χ0v) is 33.7. The minimum absolute atomic E-state index is 0.121. The highest BCUT2D eigenvalue weighted by Crippen LogP contribution is 2.43. The van der Waals surface area contributed by atoms with Gasteiger partial charge in [-0.15, -0.1) is 0 Å². The second-order valence-corrected chi connectivity index (χ2v) is 18.5. The van der Waals surface area contributed by atoms with Crippen molar-refractivity contribution in [2.75, 3.05) is 68.7 Å². The Bertz CT molecular complexity index is 2230. The van der Waals surface area contributed by atoms with E-state index in [1.807, 2.05) is 18.5 Å². The molecule has 4 saturated heterocycles. The molecule has 0 saturated carbocycles. The number of aromatic nitrogens is 3. The van der Waals surface area contributed by atoms with Gasteiger partial charge in [-0.25, -0.2) is 14.4 Å². The van der Waals surface area contributed by atoms with Crippen molar-refractivity contribution in [1.82, 2.24) is 35.0 Å². The standard InChI is InChI=1S/C45H54FN9O3/c1-44(2,46)26-54-18-13-35-34-5-3-4-6-36(34)49-39(35)40(54)31-22-47-43(48-23-31)53-19-14-45(15-20-53)27-51(28-45)24-29-11-16-52(17-12-29)32-7-8-33-30(21-32)25-55(42(33)58)37-9-10-38(56)50-41(37)57/h3-8,21-23,29,37,40,49H,9-20,24-28H2,1-2H3,(H,50,56,57)/t37?,40-/m1/s1. The number of hydrogen-bond donors (Lipinski definition) is 2. The van der Waals surface area contributed by atoms with Crippen LogP contribution in [0, 0.1) is 11.3 Å². The molecule has 2 aromatic heterocycles. The number of carbonyl (C=O) groups is 3. The smallest absolute Gasteiger partial charge is 0.255 e. The Hall–Kier alpha value is -4.88. The highest BCUT2D eigenvalue weighted by molar-refractivity contribution is 6.05. The van der Waals surface area contributed by atoms with E-state index < -0.39 is 11.7 Å². The van der Waals surface area contributed by atoms with Crippen LogP contribution in [0.25, 0.3) is 10.9 Å². The summed E-state index contributed by atoms with van der Waals surface area (Å²) in [7, 11) is 0. The molecule has 58 heavy (non-hydrogen) atoms. The molecule has 13 heteroatoms. The number of benzene rings is 2. The van der Waals surface area contributed by atoms with E-state index in [-0.39, 0.29) is 30.2 Å². The van der Waals surface area contributed by atoms with E-state index in [0.717, 1.165) is 105 Å². The van der Waals surface area contributed by atoms with E-state index in [1.165, 1.54) is 24.0 Å². The Morgan fingerprint density at radius 2 is 1.66 bits per heavy atom. The molecule has 12 nitrogen and oxygen atoms in total. The molecule has 304 valence electrons. The molecule has 1 unspecified atom stereocenters. The number of piperidine rings is 3. The Morgan fingerprint density at radius 3 is 2.40 bits per heavy atom. The number of fused-ring (bicyclic) bond motifs is 4. The molecule has 0 aliphatic carbocycles. The van der Waals surface area contributed by atoms with E-state index in [4.69, 9.17) is 9.97 Å². The number of para-hydroxylation sites is 1. The van der Waals surface area contributed by atoms with Crippen molar-refractivity contribution in [2.24, 2.45) is 11.3 Å². The minimum Gasteiger partial charge on any atom is -0.372 e. The summed E-state index contributed by atoms with van der Waals surface area (Å²) >= 11 is 0. The van der Waals surface area contributed by atoms with E-state index in [1.54, 1.807) is 18.7 Å². The van der Waals surface area contributed by atoms with Crippen molar-refractivity contribution in [3.05, 3.63) is 82.8 Å². The van der Waals surface area contributed by atoms with Gasteiger partial charge >= 0.3 is 0 Å². The van der Waals surface area contributed by atoms with E-state index in [0.29, 0.717) is 36.4 Å². The van der Waals surface area contributed by atoms with E-state index >= 15 is 4.39 Å². The first-order valence-electron chi connectivity index (χ1n) is 21.3. The van der Waals surface area contributed by atoms with Crippen LogP contribution in [-0.4, -0.2) is 118 Å². The van der Waals surface area contributed by atoms with Gasteiger partial charge in [-0.2, -0.15) is 0 Å². The van der Waals surface area contributed by atoms with E-state index in [9.17, 15) is 14.4 Å². The molecule has 6 aliphatic heterocycles. The number of imide groups is 1. The number of H-pyrrole nitrogens is 1. The molecule has 1 spiro atoms. The number of nitrogens with zero attached hydrogens (tertiary/aromatic N) is 7. The molecule has 0 bridgehead atoms. The molecule has 6 aliphatic rings. The molecule has 8 heterocycles. The van der Waals surface area contributed by atoms with Gasteiger partial charge < -0.3 is 24.6 Å². The first kappa shape index (κ1) is 37.4. The Morgan fingerprint density at radius 1 is 0.897 bits per heavy atom. The SMILES string of the molecule is CC(C)(F)CN1CCc2c([nH]c3ccccc23)[C@H]1c1cnc(N2CCC3(CC2)CN(CC2CCN(c4ccc5c(c4)CN(C4CCC(=O)NC4=O)C5=O)CC2)C3)nc1. The molecular weight excluding hydrogens is 734 g/mol. The average molecular weight is 788 g/mol. The van der Waals surface area contributed by atoms with Gasteiger partial charge in [-0.05, 0) is 99.1 Å². The Kier molecular flexibility index (Phi) is 9.31. The summed E-state index contributed by atoms with van der Waals surface area (Å²) in [5.41, 5.74) is 6.40. The number of halogens is 1. The first-order chi connectivity index (χ1) is 28.0. The van der Waals surface area contributed by atoms with E-state index in [2.05, 4.69) is 66.3 Å². The molecule has 3 amide bonds. The number of nitrogens with one attached hydrogen (secondary N) is 2. The third kappa shape index (κ3) is 6.93. The summed E-state index contributed by atoms with van der Waals surface area (Å²) in [6.07, 6.45) is 10.0. The van der Waals surface area contributed by atoms with Crippen LogP contribution in [0.2, 0.25) is 0 Å². The van der Waals surface area contributed by atoms with Gasteiger partial charge in [-0.3, -0.25) is 24.6 Å². The number of anilines is 2. The van der Waals surface area contributed by atoms with Gasteiger partial charge in [0.2, 0.25) is 17.8 Å². The number of amides is 3. The molecule has 2 aromatic carbocycles. The largest absolute Gasteiger partial charge is 0.372 e. The minimum atomic E-state index is -1.32. The summed E-state index contributed by atoms with van der Waals surface area (Å²) in [5, 5.41) is 3.64. The zero-order valence-electron chi connectivity index (χ0n) is 33.7. The lowest BCUT2D eigenvalue weighted by Gasteiger charge is -2.55. The van der Waals surface area contributed by atoms with Crippen molar-refractivity contribution < 1.29 is 18.8 Å². The summed E-state index contributed by atoms with van der Waals surface area (Å²) in [6.45, 7) is 12.2. The number of hydrogen-bond acceptors (Lipinski definition) is 9. The molecule has 4 aromatic rings. The number of alkyl halides is 1. The van der Waals surface area contributed by atoms with Crippen LogP contribution < -0.4 is 15.1 Å². The molecular formula is C45H54FN9O3. The molecule has 0 radical (unpaired) electrons. The van der Waals surface area contributed by atoms with Crippen LogP contribution in [0.15, 0.2) is 54.9 Å². The van der Waals surface area contributed by atoms with Crippen LogP contribution in [0.1, 0.15) is 91.2 Å². The normalized spacial score (nSPS) is 24.3. The van der Waals surface area contributed by atoms with Crippen molar-refractivity contribution in [1.29, 1.82) is 0 Å². The number of likely N-dealkylation sites (tertiary alicyclic amines) is 1. The van der Waals surface area contributed by atoms with Crippen LogP contribution >= 0.6 is 0 Å². The quantitative estimate of drug-likeness (QED) is 0.232. The molecule has 2 N–H and O–H groups in total. The predicted molar refractivity (Wildman–Crippen MR) is 220 cm³/mol. The molecule has 2 atom stereocenters. The first-order valence-corrected chi connectivity index (χ1v) is 21.3. The van der Waals surface area contributed by atoms with Crippen molar-refractivity contribution in [3.8, 4) is 0 Å². The van der Waals surface area contributed by atoms with Gasteiger partial charge in [0.15, 0.2) is 0 Å². The third-order valence-corrected chi connectivity index (χ3v) is 13.9. The van der Waals surface area contributed by atoms with Gasteiger partial charge in [-0.1, -0.05) is 18.2 Å². The van der Waals surface area contributed by atoms with Crippen molar-refractivity contribution in [2.45, 2.75) is 83.1 Å². The maximum Gasteiger partial charge on any atom is 0.255 e. The van der Waals surface area contributed by atoms with Gasteiger partial charge in [0, 0.05) is 118 Å². The molecule has 4 fully saturated rings. The second-order valence-electron chi connectivity index (χ2n) is 18.5. The summed E-state index contributed by atoms with van der Waals surface area (Å²) in [5.74, 6) is 0.699. The van der Waals surface area contributed by atoms with Gasteiger partial charge in [0.25, 0.3) is 5.91 Å². The maximum absolute atomic E-state index is 15.1. The lowest BCUT2D eigenvalue weighted by atomic mass is 9.71. The fourth-order valence-electron chi connectivity index (χ4n) is 11.0. The number of rotatable bonds is 8. The second kappa shape index (κ2) is 14.4. The highest BCUT2D eigenvalue weighted by atomic mass is 19.1. The average Bonchev–Trinajstić information content (AvgIpc) is 3.74. The van der Waals surface area contributed by atoms with Crippen molar-refractivity contribution in [3.63, 3.8) is 0 Å². The monoisotopic (exact) mass is 787 g/mol. The maximum atomic E-state index is 15.1. The lowest BCUT2D eigenvalue weighted by Crippen LogP contribution is -2.61. The Balaban J connectivity index is 0.709. The highest BCUT2D eigenvalue weighted by Gasteiger charge is 2.46.